The van der Waals surface area contributed by atoms with E-state index in [1.54, 1.807) is 0 Å². The molecule has 0 radical (unpaired) electrons. The lowest BCUT2D eigenvalue weighted by molar-refractivity contribution is -0.232. The van der Waals surface area contributed by atoms with E-state index in [9.17, 15) is 20.1 Å². The molecule has 0 spiro atoms. The van der Waals surface area contributed by atoms with Gasteiger partial charge in [-0.1, -0.05) is 60.1 Å². The highest BCUT2D eigenvalue weighted by Crippen LogP contribution is 2.75. The number of hydrogen-bond donors (Lipinski definition) is 3. The first-order chi connectivity index (χ1) is 15.7. The summed E-state index contributed by atoms with van der Waals surface area (Å²) in [4.78, 5) is 12.8. The van der Waals surface area contributed by atoms with E-state index < -0.39 is 23.6 Å². The third-order valence-electron chi connectivity index (χ3n) is 13.4. The fourth-order valence-electron chi connectivity index (χ4n) is 11.0. The van der Waals surface area contributed by atoms with E-state index in [4.69, 9.17) is 0 Å². The highest BCUT2D eigenvalue weighted by molar-refractivity contribution is 5.76. The Kier molecular flexibility index (Phi) is 5.36. The van der Waals surface area contributed by atoms with E-state index in [1.807, 2.05) is 0 Å². The van der Waals surface area contributed by atoms with Gasteiger partial charge in [0.05, 0.1) is 17.6 Å². The molecule has 0 heterocycles. The molecule has 5 rings (SSSR count). The third-order valence-corrected chi connectivity index (χ3v) is 13.4. The Morgan fingerprint density at radius 3 is 2.26 bits per heavy atom. The second-order valence-electron chi connectivity index (χ2n) is 14.6. The Morgan fingerprint density at radius 2 is 1.62 bits per heavy atom. The quantitative estimate of drug-likeness (QED) is 0.405. The molecule has 5 aliphatic rings. The van der Waals surface area contributed by atoms with Gasteiger partial charge in [-0.05, 0) is 103 Å². The molecule has 0 bridgehead atoms. The van der Waals surface area contributed by atoms with E-state index in [0.29, 0.717) is 30.1 Å². The number of aliphatic carboxylic acids is 1. The normalized spacial score (nSPS) is 56.3. The highest BCUT2D eigenvalue weighted by Gasteiger charge is 2.70. The number of carbonyl (C=O) groups is 1. The van der Waals surface area contributed by atoms with Crippen LogP contribution in [0.1, 0.15) is 99.8 Å². The van der Waals surface area contributed by atoms with Gasteiger partial charge >= 0.3 is 5.97 Å². The average molecular weight is 473 g/mol. The van der Waals surface area contributed by atoms with Crippen LogP contribution in [0.5, 0.6) is 0 Å². The Morgan fingerprint density at radius 1 is 0.941 bits per heavy atom. The van der Waals surface area contributed by atoms with Gasteiger partial charge in [-0.15, -0.1) is 0 Å². The van der Waals surface area contributed by atoms with Gasteiger partial charge in [0, 0.05) is 0 Å². The SMILES string of the molecule is C[C@@H]1CC[C@]2(C(=O)O)CC[C@]3(C)C(=CC[C@@H]4[C@@]5(C)C[C@@H](O)[C@@H](O)C(C)(C)[C@@H]5CC[C@]43C)C2[C@H]1C. The lowest BCUT2D eigenvalue weighted by Crippen LogP contribution is -2.67. The molecule has 34 heavy (non-hydrogen) atoms. The van der Waals surface area contributed by atoms with Crippen molar-refractivity contribution in [1.29, 1.82) is 0 Å². The summed E-state index contributed by atoms with van der Waals surface area (Å²) in [6, 6.07) is 0. The monoisotopic (exact) mass is 472 g/mol. The van der Waals surface area contributed by atoms with Crippen molar-refractivity contribution in [3.63, 3.8) is 0 Å². The lowest BCUT2D eigenvalue weighted by Gasteiger charge is -2.71. The summed E-state index contributed by atoms with van der Waals surface area (Å²) in [6.07, 6.45) is 8.53. The summed E-state index contributed by atoms with van der Waals surface area (Å²) in [7, 11) is 0. The minimum absolute atomic E-state index is 0.00993. The fraction of sp³-hybridized carbons (Fsp3) is 0.900. The molecule has 192 valence electrons. The van der Waals surface area contributed by atoms with E-state index >= 15 is 0 Å². The van der Waals surface area contributed by atoms with E-state index in [2.05, 4.69) is 54.5 Å². The zero-order chi connectivity index (χ0) is 25.1. The highest BCUT2D eigenvalue weighted by atomic mass is 16.4. The number of fused-ring (bicyclic) bond motifs is 7. The van der Waals surface area contributed by atoms with Crippen LogP contribution in [0.25, 0.3) is 0 Å². The number of hydrogen-bond acceptors (Lipinski definition) is 3. The van der Waals surface area contributed by atoms with Crippen molar-refractivity contribution in [2.24, 2.45) is 56.7 Å². The molecular weight excluding hydrogens is 424 g/mol. The fourth-order valence-corrected chi connectivity index (χ4v) is 11.0. The third kappa shape index (κ3) is 2.76. The predicted molar refractivity (Wildman–Crippen MR) is 134 cm³/mol. The summed E-state index contributed by atoms with van der Waals surface area (Å²) in [6.45, 7) is 16.3. The topological polar surface area (TPSA) is 77.8 Å². The second-order valence-corrected chi connectivity index (χ2v) is 14.6. The maximum absolute atomic E-state index is 12.8. The molecule has 0 saturated heterocycles. The lowest BCUT2D eigenvalue weighted by atomic mass is 9.33. The molecule has 3 N–H and O–H groups in total. The molecule has 4 nitrogen and oxygen atoms in total. The first-order valence-electron chi connectivity index (χ1n) is 14.0. The van der Waals surface area contributed by atoms with Crippen LogP contribution in [0.3, 0.4) is 0 Å². The standard InChI is InChI=1S/C30H48O4/c1-17-10-13-30(25(33)34)15-14-28(6)19(23(30)18(17)2)8-9-22-27(5)16-20(31)24(32)26(3,4)21(27)11-12-29(22,28)7/h8,17-18,20-24,31-32H,9-16H2,1-7H3,(H,33,34)/t17-,18+,20-,21+,22-,23?,24-,27+,28-,29-,30+/m1/s1. The molecular formula is C30H48O4. The van der Waals surface area contributed by atoms with Crippen molar-refractivity contribution < 1.29 is 20.1 Å². The van der Waals surface area contributed by atoms with Crippen LogP contribution >= 0.6 is 0 Å². The number of carboxylic acids is 1. The van der Waals surface area contributed by atoms with Gasteiger partial charge in [-0.25, -0.2) is 0 Å². The Hall–Kier alpha value is -0.870. The van der Waals surface area contributed by atoms with Gasteiger partial charge < -0.3 is 15.3 Å². The predicted octanol–water partition coefficient (Wildman–Crippen LogP) is 6.06. The zero-order valence-corrected chi connectivity index (χ0v) is 22.5. The van der Waals surface area contributed by atoms with Gasteiger partial charge in [0.25, 0.3) is 0 Å². The van der Waals surface area contributed by atoms with E-state index in [-0.39, 0.29) is 27.6 Å². The summed E-state index contributed by atoms with van der Waals surface area (Å²) in [5, 5.41) is 32.4. The smallest absolute Gasteiger partial charge is 0.310 e. The van der Waals surface area contributed by atoms with Crippen molar-refractivity contribution >= 4 is 5.97 Å². The maximum atomic E-state index is 12.8. The maximum Gasteiger partial charge on any atom is 0.310 e. The molecule has 5 aliphatic carbocycles. The van der Waals surface area contributed by atoms with Crippen LogP contribution in [-0.2, 0) is 4.79 Å². The molecule has 0 aromatic heterocycles. The minimum atomic E-state index is -0.679. The summed E-state index contributed by atoms with van der Waals surface area (Å²) in [5.41, 5.74) is 0.574. The summed E-state index contributed by atoms with van der Waals surface area (Å²) < 4.78 is 0. The molecule has 0 aromatic carbocycles. The van der Waals surface area contributed by atoms with Crippen LogP contribution in [0.15, 0.2) is 11.6 Å². The van der Waals surface area contributed by atoms with E-state index in [1.165, 1.54) is 5.57 Å². The molecule has 1 unspecified atom stereocenters. The summed E-state index contributed by atoms with van der Waals surface area (Å²) >= 11 is 0. The average Bonchev–Trinajstić information content (AvgIpc) is 2.75. The Bertz CT molecular complexity index is 907. The first-order valence-corrected chi connectivity index (χ1v) is 14.0. The van der Waals surface area contributed by atoms with Crippen molar-refractivity contribution in [3.8, 4) is 0 Å². The van der Waals surface area contributed by atoms with Crippen molar-refractivity contribution in [3.05, 3.63) is 11.6 Å². The minimum Gasteiger partial charge on any atom is -0.481 e. The second kappa shape index (κ2) is 7.34. The zero-order valence-electron chi connectivity index (χ0n) is 22.5. The molecule has 4 saturated carbocycles. The Balaban J connectivity index is 1.62. The number of rotatable bonds is 1. The van der Waals surface area contributed by atoms with E-state index in [0.717, 1.165) is 44.9 Å². The first kappa shape index (κ1) is 24.8. The van der Waals surface area contributed by atoms with Gasteiger partial charge in [0.1, 0.15) is 0 Å². The van der Waals surface area contributed by atoms with Crippen molar-refractivity contribution in [1.82, 2.24) is 0 Å². The van der Waals surface area contributed by atoms with Crippen LogP contribution in [0.2, 0.25) is 0 Å². The van der Waals surface area contributed by atoms with Gasteiger partial charge in [0.2, 0.25) is 0 Å². The summed E-state index contributed by atoms with van der Waals surface area (Å²) in [5.74, 6) is 1.30. The van der Waals surface area contributed by atoms with Crippen LogP contribution in [-0.4, -0.2) is 33.5 Å². The van der Waals surface area contributed by atoms with Crippen molar-refractivity contribution in [2.75, 3.05) is 0 Å². The van der Waals surface area contributed by atoms with Gasteiger partial charge in [0.15, 0.2) is 0 Å². The number of allylic oxidation sites excluding steroid dienone is 2. The molecule has 4 fully saturated rings. The number of aliphatic hydroxyl groups excluding tert-OH is 2. The van der Waals surface area contributed by atoms with Crippen molar-refractivity contribution in [2.45, 2.75) is 112 Å². The Labute approximate surface area is 206 Å². The van der Waals surface area contributed by atoms with Crippen LogP contribution < -0.4 is 0 Å². The molecule has 0 amide bonds. The van der Waals surface area contributed by atoms with Gasteiger partial charge in [-0.3, -0.25) is 4.79 Å². The molecule has 0 aliphatic heterocycles. The number of carboxylic acid groups (broad SMARTS) is 1. The van der Waals surface area contributed by atoms with Crippen LogP contribution in [0.4, 0.5) is 0 Å². The largest absolute Gasteiger partial charge is 0.481 e. The van der Waals surface area contributed by atoms with Crippen LogP contribution in [0, 0.1) is 56.7 Å². The molecule has 4 heteroatoms. The van der Waals surface area contributed by atoms with Gasteiger partial charge in [-0.2, -0.15) is 0 Å². The molecule has 0 aromatic rings. The molecule has 11 atom stereocenters. The number of aliphatic hydroxyl groups is 2.